The van der Waals surface area contributed by atoms with Crippen LogP contribution < -0.4 is 5.32 Å². The summed E-state index contributed by atoms with van der Waals surface area (Å²) in [5.74, 6) is -0.546. The molecule has 11 heteroatoms. The lowest BCUT2D eigenvalue weighted by Crippen LogP contribution is -2.50. The Hall–Kier alpha value is -2.08. The SMILES string of the molecule is O=C(Nc1ccc(F)c(Cl)c1)c1coc(CN2CCN(C[C@H](O)CN3CCOCC3)CC2)n1. The van der Waals surface area contributed by atoms with E-state index in [1.54, 1.807) is 0 Å². The molecule has 9 nitrogen and oxygen atoms in total. The van der Waals surface area contributed by atoms with Crippen molar-refractivity contribution in [2.45, 2.75) is 12.6 Å². The molecule has 0 unspecified atom stereocenters. The number of oxazole rings is 1. The molecule has 2 fully saturated rings. The summed E-state index contributed by atoms with van der Waals surface area (Å²) < 4.78 is 24.1. The zero-order valence-electron chi connectivity index (χ0n) is 18.4. The van der Waals surface area contributed by atoms with Crippen LogP contribution in [0.25, 0.3) is 0 Å². The summed E-state index contributed by atoms with van der Waals surface area (Å²) in [6, 6.07) is 3.96. The number of aliphatic hydroxyl groups excluding tert-OH is 1. The maximum Gasteiger partial charge on any atom is 0.277 e. The average Bonchev–Trinajstić information content (AvgIpc) is 3.27. The Morgan fingerprint density at radius 2 is 1.79 bits per heavy atom. The normalized spacial score (nSPS) is 19.5. The van der Waals surface area contributed by atoms with E-state index in [0.29, 0.717) is 31.2 Å². The van der Waals surface area contributed by atoms with Crippen LogP contribution >= 0.6 is 11.6 Å². The van der Waals surface area contributed by atoms with Crippen LogP contribution in [0.3, 0.4) is 0 Å². The summed E-state index contributed by atoms with van der Waals surface area (Å²) in [4.78, 5) is 23.4. The highest BCUT2D eigenvalue weighted by Crippen LogP contribution is 2.20. The predicted octanol–water partition coefficient (Wildman–Crippen LogP) is 1.53. The molecule has 1 aromatic heterocycles. The lowest BCUT2D eigenvalue weighted by Gasteiger charge is -2.36. The second-order valence-electron chi connectivity index (χ2n) is 8.35. The van der Waals surface area contributed by atoms with Gasteiger partial charge in [-0.2, -0.15) is 0 Å². The molecule has 0 saturated carbocycles. The molecule has 2 N–H and O–H groups in total. The fraction of sp³-hybridized carbons (Fsp3) is 0.545. The molecule has 0 aliphatic carbocycles. The molecular formula is C22H29ClFN5O4. The highest BCUT2D eigenvalue weighted by molar-refractivity contribution is 6.31. The second kappa shape index (κ2) is 11.4. The molecule has 4 rings (SSSR count). The van der Waals surface area contributed by atoms with Crippen LogP contribution in [0, 0.1) is 5.82 Å². The fourth-order valence-corrected chi connectivity index (χ4v) is 4.20. The number of benzene rings is 1. The number of amides is 1. The zero-order valence-corrected chi connectivity index (χ0v) is 19.1. The van der Waals surface area contributed by atoms with Crippen molar-refractivity contribution in [3.63, 3.8) is 0 Å². The van der Waals surface area contributed by atoms with Gasteiger partial charge in [-0.15, -0.1) is 0 Å². The molecule has 1 amide bonds. The van der Waals surface area contributed by atoms with Crippen molar-refractivity contribution < 1.29 is 23.4 Å². The van der Waals surface area contributed by atoms with Gasteiger partial charge in [0.2, 0.25) is 5.89 Å². The number of ether oxygens (including phenoxy) is 1. The quantitative estimate of drug-likeness (QED) is 0.586. The number of anilines is 1. The van der Waals surface area contributed by atoms with Crippen LogP contribution in [0.1, 0.15) is 16.4 Å². The maximum absolute atomic E-state index is 13.3. The Balaban J connectivity index is 1.20. The fourth-order valence-electron chi connectivity index (χ4n) is 4.02. The molecule has 3 heterocycles. The van der Waals surface area contributed by atoms with Crippen molar-refractivity contribution in [1.29, 1.82) is 0 Å². The standard InChI is InChI=1S/C22H29ClFN5O4/c23-18-11-16(1-2-19(18)24)25-22(31)20-15-33-21(26-20)14-28-5-3-27(4-6-28)12-17(30)13-29-7-9-32-10-8-29/h1-2,11,15,17,30H,3-10,12-14H2,(H,25,31)/t17-/m0/s1. The first-order valence-corrected chi connectivity index (χ1v) is 11.5. The van der Waals surface area contributed by atoms with E-state index in [0.717, 1.165) is 52.5 Å². The summed E-state index contributed by atoms with van der Waals surface area (Å²) in [5.41, 5.74) is 0.526. The Kier molecular flexibility index (Phi) is 8.29. The van der Waals surface area contributed by atoms with Gasteiger partial charge in [0, 0.05) is 58.0 Å². The number of β-amino-alcohol motifs (C(OH)–C–C–N with tert-alkyl or cyclic N) is 1. The van der Waals surface area contributed by atoms with E-state index in [9.17, 15) is 14.3 Å². The summed E-state index contributed by atoms with van der Waals surface area (Å²) in [7, 11) is 0. The zero-order chi connectivity index (χ0) is 23.2. The molecule has 0 bridgehead atoms. The van der Waals surface area contributed by atoms with Crippen molar-refractivity contribution in [1.82, 2.24) is 19.7 Å². The molecule has 2 saturated heterocycles. The molecule has 180 valence electrons. The summed E-state index contributed by atoms with van der Waals surface area (Å²) in [5, 5.41) is 13.0. The second-order valence-corrected chi connectivity index (χ2v) is 8.76. The minimum absolute atomic E-state index is 0.0682. The van der Waals surface area contributed by atoms with Crippen molar-refractivity contribution in [3.8, 4) is 0 Å². The van der Waals surface area contributed by atoms with Gasteiger partial charge < -0.3 is 19.6 Å². The van der Waals surface area contributed by atoms with Crippen molar-refractivity contribution in [2.75, 3.05) is 70.9 Å². The van der Waals surface area contributed by atoms with E-state index in [-0.39, 0.29) is 16.8 Å². The van der Waals surface area contributed by atoms with Crippen LogP contribution in [0.15, 0.2) is 28.9 Å². The number of aliphatic hydroxyl groups is 1. The maximum atomic E-state index is 13.3. The summed E-state index contributed by atoms with van der Waals surface area (Å²) in [6.07, 6.45) is 0.937. The van der Waals surface area contributed by atoms with Gasteiger partial charge in [-0.1, -0.05) is 11.6 Å². The lowest BCUT2D eigenvalue weighted by atomic mass is 10.2. The number of nitrogens with zero attached hydrogens (tertiary/aromatic N) is 4. The third kappa shape index (κ3) is 6.95. The third-order valence-electron chi connectivity index (χ3n) is 5.83. The Morgan fingerprint density at radius 1 is 1.12 bits per heavy atom. The van der Waals surface area contributed by atoms with E-state index < -0.39 is 11.7 Å². The van der Waals surface area contributed by atoms with Crippen LogP contribution in [0.5, 0.6) is 0 Å². The number of morpholine rings is 1. The number of rotatable bonds is 8. The van der Waals surface area contributed by atoms with Crippen LogP contribution in [0.2, 0.25) is 5.02 Å². The van der Waals surface area contributed by atoms with Crippen molar-refractivity contribution in [2.24, 2.45) is 0 Å². The average molecular weight is 482 g/mol. The largest absolute Gasteiger partial charge is 0.447 e. The number of piperazine rings is 1. The van der Waals surface area contributed by atoms with Gasteiger partial charge >= 0.3 is 0 Å². The van der Waals surface area contributed by atoms with E-state index in [1.807, 2.05) is 0 Å². The van der Waals surface area contributed by atoms with E-state index >= 15 is 0 Å². The molecular weight excluding hydrogens is 453 g/mol. The highest BCUT2D eigenvalue weighted by atomic mass is 35.5. The van der Waals surface area contributed by atoms with Crippen LogP contribution in [0.4, 0.5) is 10.1 Å². The highest BCUT2D eigenvalue weighted by Gasteiger charge is 2.23. The van der Waals surface area contributed by atoms with Gasteiger partial charge in [-0.05, 0) is 18.2 Å². The van der Waals surface area contributed by atoms with E-state index in [1.165, 1.54) is 24.5 Å². The minimum Gasteiger partial charge on any atom is -0.447 e. The number of halogens is 2. The van der Waals surface area contributed by atoms with Crippen molar-refractivity contribution in [3.05, 3.63) is 46.9 Å². The van der Waals surface area contributed by atoms with Crippen LogP contribution in [-0.4, -0.2) is 102 Å². The molecule has 2 aliphatic rings. The van der Waals surface area contributed by atoms with Gasteiger partial charge in [-0.25, -0.2) is 9.37 Å². The van der Waals surface area contributed by atoms with Crippen molar-refractivity contribution >= 4 is 23.2 Å². The number of hydrogen-bond acceptors (Lipinski definition) is 8. The number of carbonyl (C=O) groups excluding carboxylic acids is 1. The van der Waals surface area contributed by atoms with Gasteiger partial charge in [0.15, 0.2) is 5.69 Å². The third-order valence-corrected chi connectivity index (χ3v) is 6.12. The number of aromatic nitrogens is 1. The predicted molar refractivity (Wildman–Crippen MR) is 121 cm³/mol. The smallest absolute Gasteiger partial charge is 0.277 e. The topological polar surface area (TPSA) is 94.3 Å². The van der Waals surface area contributed by atoms with Crippen LogP contribution in [-0.2, 0) is 11.3 Å². The van der Waals surface area contributed by atoms with Gasteiger partial charge in [0.25, 0.3) is 5.91 Å². The van der Waals surface area contributed by atoms with Gasteiger partial charge in [0.05, 0.1) is 30.9 Å². The van der Waals surface area contributed by atoms with E-state index in [4.69, 9.17) is 20.8 Å². The number of nitrogens with one attached hydrogen (secondary N) is 1. The first-order valence-electron chi connectivity index (χ1n) is 11.1. The molecule has 1 aromatic carbocycles. The molecule has 33 heavy (non-hydrogen) atoms. The van der Waals surface area contributed by atoms with Gasteiger partial charge in [-0.3, -0.25) is 19.5 Å². The summed E-state index contributed by atoms with van der Waals surface area (Å²) >= 11 is 5.75. The molecule has 2 aliphatic heterocycles. The first-order chi connectivity index (χ1) is 16.0. The Bertz CT molecular complexity index is 931. The molecule has 2 aromatic rings. The Morgan fingerprint density at radius 3 is 2.48 bits per heavy atom. The molecule has 1 atom stereocenters. The Labute approximate surface area is 197 Å². The first kappa shape index (κ1) is 24.1. The lowest BCUT2D eigenvalue weighted by molar-refractivity contribution is 0.00187. The summed E-state index contributed by atoms with van der Waals surface area (Å²) in [6.45, 7) is 8.38. The molecule has 0 spiro atoms. The van der Waals surface area contributed by atoms with E-state index in [2.05, 4.69) is 25.0 Å². The number of hydrogen-bond donors (Lipinski definition) is 2. The minimum atomic E-state index is -0.551. The monoisotopic (exact) mass is 481 g/mol. The van der Waals surface area contributed by atoms with Gasteiger partial charge in [0.1, 0.15) is 12.1 Å². The molecule has 0 radical (unpaired) electrons. The number of carbonyl (C=O) groups is 1.